The third-order valence-corrected chi connectivity index (χ3v) is 4.78. The van der Waals surface area contributed by atoms with Crippen molar-refractivity contribution in [2.24, 2.45) is 5.10 Å². The monoisotopic (exact) mass is 442 g/mol. The summed E-state index contributed by atoms with van der Waals surface area (Å²) in [6.45, 7) is 6.26. The minimum absolute atomic E-state index is 0.108. The highest BCUT2D eigenvalue weighted by Crippen LogP contribution is 2.26. The van der Waals surface area contributed by atoms with Crippen LogP contribution in [0.15, 0.2) is 52.2 Å². The van der Waals surface area contributed by atoms with E-state index in [0.29, 0.717) is 22.9 Å². The summed E-state index contributed by atoms with van der Waals surface area (Å²) in [5.41, 5.74) is 10.4. The van der Waals surface area contributed by atoms with Crippen LogP contribution in [-0.2, 0) is 6.61 Å². The summed E-state index contributed by atoms with van der Waals surface area (Å²) in [7, 11) is 0. The van der Waals surface area contributed by atoms with Gasteiger partial charge in [0.1, 0.15) is 12.4 Å². The van der Waals surface area contributed by atoms with E-state index in [4.69, 9.17) is 22.1 Å². The Morgan fingerprint density at radius 1 is 1.23 bits per heavy atom. The number of rotatable bonds is 9. The molecule has 3 rings (SSSR count). The largest absolute Gasteiger partial charge is 0.488 e. The Hall–Kier alpha value is -3.59. The number of aromatic nitrogens is 2. The standard InChI is InChI=1S/C21H23ClN6O3/c1-3-28(4-2)17-10-7-15(12-24-25-21(29)19-20(23)27-31-26-19)18(11-17)30-13-14-5-8-16(22)9-6-14/h5-12H,3-4,13H2,1-2H3,(H2,23,27)(H,25,29)/b24-12-. The summed E-state index contributed by atoms with van der Waals surface area (Å²) in [5.74, 6) is -0.110. The molecule has 3 N–H and O–H groups in total. The Morgan fingerprint density at radius 3 is 2.61 bits per heavy atom. The topological polar surface area (TPSA) is 119 Å². The van der Waals surface area contributed by atoms with E-state index in [9.17, 15) is 4.79 Å². The highest BCUT2D eigenvalue weighted by molar-refractivity contribution is 6.30. The first-order valence-corrected chi connectivity index (χ1v) is 10.1. The number of nitrogens with one attached hydrogen (secondary N) is 1. The van der Waals surface area contributed by atoms with Crippen molar-refractivity contribution in [3.63, 3.8) is 0 Å². The first-order chi connectivity index (χ1) is 15.0. The fourth-order valence-electron chi connectivity index (χ4n) is 2.85. The number of nitrogens with zero attached hydrogens (tertiary/aromatic N) is 4. The summed E-state index contributed by atoms with van der Waals surface area (Å²) < 4.78 is 10.5. The van der Waals surface area contributed by atoms with Gasteiger partial charge in [-0.3, -0.25) is 4.79 Å². The molecule has 0 radical (unpaired) electrons. The number of hydrogen-bond donors (Lipinski definition) is 2. The summed E-state index contributed by atoms with van der Waals surface area (Å²) in [6, 6.07) is 13.2. The highest BCUT2D eigenvalue weighted by Gasteiger charge is 2.15. The van der Waals surface area contributed by atoms with Crippen molar-refractivity contribution in [2.75, 3.05) is 23.7 Å². The lowest BCUT2D eigenvalue weighted by molar-refractivity contribution is 0.0946. The van der Waals surface area contributed by atoms with Crippen LogP contribution in [0, 0.1) is 0 Å². The Morgan fingerprint density at radius 2 is 1.97 bits per heavy atom. The molecule has 0 fully saturated rings. The number of hydrogen-bond acceptors (Lipinski definition) is 8. The van der Waals surface area contributed by atoms with Crippen LogP contribution >= 0.6 is 11.6 Å². The second-order valence-corrected chi connectivity index (χ2v) is 6.94. The molecule has 0 aliphatic heterocycles. The van der Waals surface area contributed by atoms with E-state index in [2.05, 4.69) is 44.2 Å². The van der Waals surface area contributed by atoms with Crippen molar-refractivity contribution in [1.82, 2.24) is 15.7 Å². The van der Waals surface area contributed by atoms with Crippen LogP contribution < -0.4 is 20.8 Å². The molecule has 1 aromatic heterocycles. The molecule has 0 unspecified atom stereocenters. The Kier molecular flexibility index (Phi) is 7.45. The van der Waals surface area contributed by atoms with Crippen LogP contribution in [0.2, 0.25) is 5.02 Å². The van der Waals surface area contributed by atoms with Crippen LogP contribution in [0.5, 0.6) is 5.75 Å². The third-order valence-electron chi connectivity index (χ3n) is 4.53. The Bertz CT molecular complexity index is 1050. The molecule has 0 aliphatic rings. The quantitative estimate of drug-likeness (QED) is 0.384. The van der Waals surface area contributed by atoms with Crippen LogP contribution in [-0.4, -0.2) is 35.5 Å². The summed E-state index contributed by atoms with van der Waals surface area (Å²) in [6.07, 6.45) is 1.49. The van der Waals surface area contributed by atoms with E-state index in [1.807, 2.05) is 42.5 Å². The van der Waals surface area contributed by atoms with E-state index < -0.39 is 5.91 Å². The lowest BCUT2D eigenvalue weighted by atomic mass is 10.1. The van der Waals surface area contributed by atoms with Crippen LogP contribution in [0.3, 0.4) is 0 Å². The summed E-state index contributed by atoms with van der Waals surface area (Å²) in [4.78, 5) is 14.3. The van der Waals surface area contributed by atoms with Gasteiger partial charge in [0, 0.05) is 35.4 Å². The third kappa shape index (κ3) is 5.73. The predicted molar refractivity (Wildman–Crippen MR) is 120 cm³/mol. The molecular weight excluding hydrogens is 420 g/mol. The number of nitrogens with two attached hydrogens (primary N) is 1. The highest BCUT2D eigenvalue weighted by atomic mass is 35.5. The van der Waals surface area contributed by atoms with Gasteiger partial charge >= 0.3 is 0 Å². The fraction of sp³-hybridized carbons (Fsp3) is 0.238. The number of anilines is 2. The average molecular weight is 443 g/mol. The number of nitrogen functional groups attached to an aromatic ring is 1. The molecule has 0 bridgehead atoms. The van der Waals surface area contributed by atoms with Gasteiger partial charge < -0.3 is 15.4 Å². The van der Waals surface area contributed by atoms with Crippen molar-refractivity contribution in [3.8, 4) is 5.75 Å². The SMILES string of the molecule is CCN(CC)c1ccc(/C=N\NC(=O)c2nonc2N)c(OCc2ccc(Cl)cc2)c1. The van der Waals surface area contributed by atoms with E-state index in [1.165, 1.54) is 6.21 Å². The molecule has 10 heteroatoms. The van der Waals surface area contributed by atoms with Crippen LogP contribution in [0.4, 0.5) is 11.5 Å². The second-order valence-electron chi connectivity index (χ2n) is 6.51. The van der Waals surface area contributed by atoms with Gasteiger partial charge in [-0.1, -0.05) is 23.7 Å². The van der Waals surface area contributed by atoms with Crippen molar-refractivity contribution < 1.29 is 14.2 Å². The molecule has 9 nitrogen and oxygen atoms in total. The smallest absolute Gasteiger partial charge is 0.297 e. The average Bonchev–Trinajstić information content (AvgIpc) is 3.21. The number of carbonyl (C=O) groups excluding carboxylic acids is 1. The summed E-state index contributed by atoms with van der Waals surface area (Å²) >= 11 is 5.95. The maximum atomic E-state index is 12.0. The number of halogens is 1. The second kappa shape index (κ2) is 10.4. The lowest BCUT2D eigenvalue weighted by Gasteiger charge is -2.22. The zero-order valence-corrected chi connectivity index (χ0v) is 18.0. The molecule has 3 aromatic rings. The zero-order chi connectivity index (χ0) is 22.2. The maximum Gasteiger partial charge on any atom is 0.297 e. The molecular formula is C21H23ClN6O3. The van der Waals surface area contributed by atoms with Crippen molar-refractivity contribution in [1.29, 1.82) is 0 Å². The molecule has 0 atom stereocenters. The normalized spacial score (nSPS) is 10.9. The predicted octanol–water partition coefficient (Wildman–Crippen LogP) is 3.49. The number of hydrazone groups is 1. The van der Waals surface area contributed by atoms with Gasteiger partial charge in [-0.15, -0.1) is 0 Å². The Labute approximate surface area is 184 Å². The molecule has 0 aliphatic carbocycles. The van der Waals surface area contributed by atoms with Gasteiger partial charge in [0.2, 0.25) is 11.5 Å². The van der Waals surface area contributed by atoms with E-state index in [0.717, 1.165) is 24.3 Å². The molecule has 31 heavy (non-hydrogen) atoms. The van der Waals surface area contributed by atoms with Crippen LogP contribution in [0.25, 0.3) is 0 Å². The zero-order valence-electron chi connectivity index (χ0n) is 17.2. The Balaban J connectivity index is 1.79. The molecule has 1 amide bonds. The minimum atomic E-state index is -0.626. The molecule has 1 heterocycles. The molecule has 2 aromatic carbocycles. The van der Waals surface area contributed by atoms with Gasteiger partial charge in [-0.05, 0) is 54.0 Å². The first kappa shape index (κ1) is 22.1. The van der Waals surface area contributed by atoms with Gasteiger partial charge in [-0.25, -0.2) is 10.1 Å². The van der Waals surface area contributed by atoms with Gasteiger partial charge in [-0.2, -0.15) is 5.10 Å². The number of amides is 1. The molecule has 0 saturated heterocycles. The lowest BCUT2D eigenvalue weighted by Crippen LogP contribution is -2.22. The van der Waals surface area contributed by atoms with Crippen molar-refractivity contribution >= 4 is 35.2 Å². The fourth-order valence-corrected chi connectivity index (χ4v) is 2.97. The van der Waals surface area contributed by atoms with Gasteiger partial charge in [0.05, 0.1) is 6.21 Å². The van der Waals surface area contributed by atoms with Crippen LogP contribution in [0.1, 0.15) is 35.5 Å². The van der Waals surface area contributed by atoms with E-state index >= 15 is 0 Å². The van der Waals surface area contributed by atoms with E-state index in [1.54, 1.807) is 0 Å². The number of ether oxygens (including phenoxy) is 1. The first-order valence-electron chi connectivity index (χ1n) is 9.69. The van der Waals surface area contributed by atoms with Crippen molar-refractivity contribution in [2.45, 2.75) is 20.5 Å². The maximum absolute atomic E-state index is 12.0. The summed E-state index contributed by atoms with van der Waals surface area (Å²) in [5, 5.41) is 11.5. The van der Waals surface area contributed by atoms with Gasteiger partial charge in [0.15, 0.2) is 0 Å². The molecule has 0 saturated carbocycles. The van der Waals surface area contributed by atoms with Crippen molar-refractivity contribution in [3.05, 3.63) is 64.3 Å². The van der Waals surface area contributed by atoms with Gasteiger partial charge in [0.25, 0.3) is 5.91 Å². The molecule has 0 spiro atoms. The minimum Gasteiger partial charge on any atom is -0.488 e. The number of benzene rings is 2. The molecule has 162 valence electrons. The van der Waals surface area contributed by atoms with E-state index in [-0.39, 0.29) is 11.5 Å². The number of carbonyl (C=O) groups is 1.